The molecule has 1 aliphatic rings. The van der Waals surface area contributed by atoms with Crippen molar-refractivity contribution in [1.82, 2.24) is 10.2 Å². The number of aryl methyl sites for hydroxylation is 2. The zero-order chi connectivity index (χ0) is 18.5. The van der Waals surface area contributed by atoms with Crippen molar-refractivity contribution in [2.45, 2.75) is 39.3 Å². The summed E-state index contributed by atoms with van der Waals surface area (Å²) < 4.78 is 5.71. The highest BCUT2D eigenvalue weighted by molar-refractivity contribution is 5.78. The molecule has 1 saturated heterocycles. The lowest BCUT2D eigenvalue weighted by molar-refractivity contribution is -0.123. The third kappa shape index (κ3) is 4.64. The molecule has 1 N–H and O–H groups in total. The van der Waals surface area contributed by atoms with Crippen molar-refractivity contribution in [3.05, 3.63) is 65.2 Å². The maximum absolute atomic E-state index is 12.3. The summed E-state index contributed by atoms with van der Waals surface area (Å²) in [6, 6.07) is 17.1. The van der Waals surface area contributed by atoms with Gasteiger partial charge in [0, 0.05) is 25.2 Å². The lowest BCUT2D eigenvalue weighted by Gasteiger charge is -2.24. The highest BCUT2D eigenvalue weighted by Crippen LogP contribution is 2.24. The van der Waals surface area contributed by atoms with Crippen LogP contribution < -0.4 is 10.1 Å². The Morgan fingerprint density at radius 2 is 2.00 bits per heavy atom. The predicted octanol–water partition coefficient (Wildman–Crippen LogP) is 3.63. The van der Waals surface area contributed by atoms with Crippen LogP contribution in [0.5, 0.6) is 5.75 Å². The van der Waals surface area contributed by atoms with Gasteiger partial charge in [0.15, 0.2) is 6.61 Å². The molecule has 4 heteroatoms. The van der Waals surface area contributed by atoms with E-state index < -0.39 is 0 Å². The highest BCUT2D eigenvalue weighted by Gasteiger charge is 2.27. The molecule has 0 aromatic heterocycles. The first-order valence-electron chi connectivity index (χ1n) is 9.31. The van der Waals surface area contributed by atoms with E-state index in [1.807, 2.05) is 38.1 Å². The molecule has 1 heterocycles. The van der Waals surface area contributed by atoms with Crippen LogP contribution in [0.3, 0.4) is 0 Å². The molecule has 0 aliphatic carbocycles. The average molecular weight is 352 g/mol. The first kappa shape index (κ1) is 18.5. The molecule has 2 unspecified atom stereocenters. The summed E-state index contributed by atoms with van der Waals surface area (Å²) in [5, 5.41) is 3.11. The Kier molecular flexibility index (Phi) is 5.94. The minimum atomic E-state index is -0.0508. The van der Waals surface area contributed by atoms with E-state index in [1.54, 1.807) is 0 Å². The van der Waals surface area contributed by atoms with Crippen LogP contribution >= 0.6 is 0 Å². The van der Waals surface area contributed by atoms with Crippen molar-refractivity contribution < 1.29 is 9.53 Å². The van der Waals surface area contributed by atoms with Gasteiger partial charge in [0.25, 0.3) is 5.91 Å². The fraction of sp³-hybridized carbons (Fsp3) is 0.409. The molecule has 1 aliphatic heterocycles. The van der Waals surface area contributed by atoms with Gasteiger partial charge in [-0.1, -0.05) is 42.5 Å². The Balaban J connectivity index is 1.47. The average Bonchev–Trinajstić information content (AvgIpc) is 3.11. The van der Waals surface area contributed by atoms with Gasteiger partial charge in [-0.2, -0.15) is 0 Å². The number of carbonyl (C=O) groups excluding carboxylic acids is 1. The van der Waals surface area contributed by atoms with Crippen LogP contribution in [0, 0.1) is 13.8 Å². The van der Waals surface area contributed by atoms with E-state index in [1.165, 1.54) is 5.56 Å². The van der Waals surface area contributed by atoms with Crippen molar-refractivity contribution in [3.63, 3.8) is 0 Å². The molecular weight excluding hydrogens is 324 g/mol. The Morgan fingerprint density at radius 1 is 1.23 bits per heavy atom. The SMILES string of the molecule is Cc1ccc(C)c(OCC(=O)NC2CCN(C(C)c3ccccc3)C2)c1. The number of carbonyl (C=O) groups is 1. The number of nitrogens with one attached hydrogen (secondary N) is 1. The number of likely N-dealkylation sites (tertiary alicyclic amines) is 1. The third-order valence-corrected chi connectivity index (χ3v) is 5.12. The summed E-state index contributed by atoms with van der Waals surface area (Å²) in [6.45, 7) is 8.18. The second-order valence-electron chi connectivity index (χ2n) is 7.19. The van der Waals surface area contributed by atoms with E-state index >= 15 is 0 Å². The monoisotopic (exact) mass is 352 g/mol. The molecular formula is C22H28N2O2. The molecule has 2 aromatic carbocycles. The largest absolute Gasteiger partial charge is 0.483 e. The summed E-state index contributed by atoms with van der Waals surface area (Å²) in [7, 11) is 0. The van der Waals surface area contributed by atoms with Gasteiger partial charge in [-0.25, -0.2) is 0 Å². The first-order valence-corrected chi connectivity index (χ1v) is 9.31. The highest BCUT2D eigenvalue weighted by atomic mass is 16.5. The molecule has 0 saturated carbocycles. The van der Waals surface area contributed by atoms with Crippen molar-refractivity contribution in [1.29, 1.82) is 0 Å². The number of benzene rings is 2. The summed E-state index contributed by atoms with van der Waals surface area (Å²) in [6.07, 6.45) is 0.979. The molecule has 0 spiro atoms. The van der Waals surface area contributed by atoms with Gasteiger partial charge in [0.2, 0.25) is 0 Å². The van der Waals surface area contributed by atoms with Gasteiger partial charge in [-0.05, 0) is 49.9 Å². The predicted molar refractivity (Wildman–Crippen MR) is 104 cm³/mol. The Labute approximate surface area is 156 Å². The van der Waals surface area contributed by atoms with Crippen LogP contribution in [0.1, 0.15) is 36.1 Å². The van der Waals surface area contributed by atoms with Crippen LogP contribution in [0.25, 0.3) is 0 Å². The minimum absolute atomic E-state index is 0.0508. The molecule has 26 heavy (non-hydrogen) atoms. The summed E-state index contributed by atoms with van der Waals surface area (Å²) in [5.41, 5.74) is 3.50. The second-order valence-corrected chi connectivity index (χ2v) is 7.19. The van der Waals surface area contributed by atoms with Crippen molar-refractivity contribution >= 4 is 5.91 Å². The Hall–Kier alpha value is -2.33. The van der Waals surface area contributed by atoms with Crippen LogP contribution in [-0.4, -0.2) is 36.5 Å². The standard InChI is InChI=1S/C22H28N2O2/c1-16-9-10-17(2)21(13-16)26-15-22(25)23-20-11-12-24(14-20)18(3)19-7-5-4-6-8-19/h4-10,13,18,20H,11-12,14-15H2,1-3H3,(H,23,25). The van der Waals surface area contributed by atoms with Crippen molar-refractivity contribution in [2.24, 2.45) is 0 Å². The van der Waals surface area contributed by atoms with E-state index in [4.69, 9.17) is 4.74 Å². The van der Waals surface area contributed by atoms with Crippen LogP contribution in [0.2, 0.25) is 0 Å². The van der Waals surface area contributed by atoms with E-state index in [0.29, 0.717) is 6.04 Å². The summed E-state index contributed by atoms with van der Waals surface area (Å²) >= 11 is 0. The smallest absolute Gasteiger partial charge is 0.258 e. The van der Waals surface area contributed by atoms with E-state index in [2.05, 4.69) is 41.4 Å². The molecule has 1 fully saturated rings. The van der Waals surface area contributed by atoms with Crippen molar-refractivity contribution in [2.75, 3.05) is 19.7 Å². The Bertz CT molecular complexity index is 745. The maximum atomic E-state index is 12.3. The Morgan fingerprint density at radius 3 is 2.77 bits per heavy atom. The summed E-state index contributed by atoms with van der Waals surface area (Å²) in [5.74, 6) is 0.732. The fourth-order valence-electron chi connectivity index (χ4n) is 3.47. The minimum Gasteiger partial charge on any atom is -0.483 e. The van der Waals surface area contributed by atoms with Crippen LogP contribution in [-0.2, 0) is 4.79 Å². The lowest BCUT2D eigenvalue weighted by atomic mass is 10.1. The van der Waals surface area contributed by atoms with Gasteiger partial charge >= 0.3 is 0 Å². The molecule has 0 bridgehead atoms. The van der Waals surface area contributed by atoms with Crippen LogP contribution in [0.15, 0.2) is 48.5 Å². The van der Waals surface area contributed by atoms with Crippen LogP contribution in [0.4, 0.5) is 0 Å². The normalized spacial score (nSPS) is 18.5. The van der Waals surface area contributed by atoms with Crippen molar-refractivity contribution in [3.8, 4) is 5.75 Å². The molecule has 2 aromatic rings. The summed E-state index contributed by atoms with van der Waals surface area (Å²) in [4.78, 5) is 14.7. The molecule has 4 nitrogen and oxygen atoms in total. The number of nitrogens with zero attached hydrogens (tertiary/aromatic N) is 1. The number of rotatable bonds is 6. The van der Waals surface area contributed by atoms with E-state index in [-0.39, 0.29) is 18.6 Å². The lowest BCUT2D eigenvalue weighted by Crippen LogP contribution is -2.40. The molecule has 3 rings (SSSR count). The van der Waals surface area contributed by atoms with Gasteiger partial charge in [-0.3, -0.25) is 9.69 Å². The molecule has 0 radical (unpaired) electrons. The molecule has 138 valence electrons. The fourth-order valence-corrected chi connectivity index (χ4v) is 3.47. The molecule has 2 atom stereocenters. The number of amides is 1. The van der Waals surface area contributed by atoms with Gasteiger partial charge < -0.3 is 10.1 Å². The maximum Gasteiger partial charge on any atom is 0.258 e. The van der Waals surface area contributed by atoms with Gasteiger partial charge in [0.1, 0.15) is 5.75 Å². The number of hydrogen-bond acceptors (Lipinski definition) is 3. The zero-order valence-electron chi connectivity index (χ0n) is 15.9. The zero-order valence-corrected chi connectivity index (χ0v) is 15.9. The number of hydrogen-bond donors (Lipinski definition) is 1. The number of ether oxygens (including phenoxy) is 1. The third-order valence-electron chi connectivity index (χ3n) is 5.12. The van der Waals surface area contributed by atoms with Gasteiger partial charge in [-0.15, -0.1) is 0 Å². The first-order chi connectivity index (χ1) is 12.5. The van der Waals surface area contributed by atoms with Gasteiger partial charge in [0.05, 0.1) is 0 Å². The van der Waals surface area contributed by atoms with E-state index in [0.717, 1.165) is 36.4 Å². The molecule has 1 amide bonds. The van der Waals surface area contributed by atoms with E-state index in [9.17, 15) is 4.79 Å². The topological polar surface area (TPSA) is 41.6 Å². The second kappa shape index (κ2) is 8.37. The quantitative estimate of drug-likeness (QED) is 0.863.